The van der Waals surface area contributed by atoms with Gasteiger partial charge in [-0.15, -0.1) is 0 Å². The molecule has 0 unspecified atom stereocenters. The maximum Gasteiger partial charge on any atom is 0.178 e. The Labute approximate surface area is 129 Å². The molecule has 0 spiro atoms. The van der Waals surface area contributed by atoms with Crippen molar-refractivity contribution >= 4 is 15.7 Å². The van der Waals surface area contributed by atoms with Crippen molar-refractivity contribution in [1.82, 2.24) is 19.9 Å². The molecule has 0 atom stereocenters. The van der Waals surface area contributed by atoms with Crippen LogP contribution < -0.4 is 4.90 Å². The third-order valence-electron chi connectivity index (χ3n) is 3.86. The maximum atomic E-state index is 11.9. The summed E-state index contributed by atoms with van der Waals surface area (Å²) in [6.07, 6.45) is 10.7. The molecule has 0 bridgehead atoms. The molecule has 1 aliphatic heterocycles. The summed E-state index contributed by atoms with van der Waals surface area (Å²) in [6, 6.07) is 0. The number of anilines is 1. The molecule has 0 aliphatic carbocycles. The Bertz CT molecular complexity index is 743. The summed E-state index contributed by atoms with van der Waals surface area (Å²) >= 11 is 0. The van der Waals surface area contributed by atoms with Crippen molar-refractivity contribution in [2.24, 2.45) is 0 Å². The lowest BCUT2D eigenvalue weighted by Crippen LogP contribution is -2.34. The quantitative estimate of drug-likeness (QED) is 0.835. The van der Waals surface area contributed by atoms with Crippen LogP contribution in [0.4, 0.5) is 5.82 Å². The predicted octanol–water partition coefficient (Wildman–Crippen LogP) is 1.05. The fourth-order valence-corrected chi connectivity index (χ4v) is 3.61. The van der Waals surface area contributed by atoms with E-state index in [-0.39, 0.29) is 10.8 Å². The highest BCUT2D eigenvalue weighted by Crippen LogP contribution is 2.31. The predicted molar refractivity (Wildman–Crippen MR) is 81.4 cm³/mol. The first kappa shape index (κ1) is 14.8. The molecule has 7 nitrogen and oxygen atoms in total. The number of rotatable bonds is 3. The van der Waals surface area contributed by atoms with Crippen molar-refractivity contribution in [3.05, 3.63) is 36.8 Å². The molecule has 0 N–H and O–H groups in total. The molecule has 2 aromatic heterocycles. The van der Waals surface area contributed by atoms with Crippen LogP contribution in [0.1, 0.15) is 24.5 Å². The van der Waals surface area contributed by atoms with E-state index in [1.165, 1.54) is 18.8 Å². The molecule has 3 heterocycles. The van der Waals surface area contributed by atoms with Crippen molar-refractivity contribution in [3.8, 4) is 0 Å². The Morgan fingerprint density at radius 1 is 1.09 bits per heavy atom. The number of hydrogen-bond donors (Lipinski definition) is 0. The van der Waals surface area contributed by atoms with Gasteiger partial charge in [-0.3, -0.25) is 4.98 Å². The van der Waals surface area contributed by atoms with Crippen LogP contribution in [0.15, 0.2) is 36.0 Å². The van der Waals surface area contributed by atoms with Gasteiger partial charge in [-0.2, -0.15) is 0 Å². The molecule has 116 valence electrons. The van der Waals surface area contributed by atoms with Gasteiger partial charge in [0.2, 0.25) is 0 Å². The Balaban J connectivity index is 1.78. The summed E-state index contributed by atoms with van der Waals surface area (Å²) in [5.74, 6) is 0.979. The van der Waals surface area contributed by atoms with Crippen molar-refractivity contribution < 1.29 is 8.42 Å². The molecule has 0 saturated carbocycles. The largest absolute Gasteiger partial charge is 0.355 e. The maximum absolute atomic E-state index is 11.9. The van der Waals surface area contributed by atoms with Gasteiger partial charge in [-0.05, 0) is 12.8 Å². The molecule has 2 aromatic rings. The van der Waals surface area contributed by atoms with E-state index in [1.807, 2.05) is 0 Å². The van der Waals surface area contributed by atoms with E-state index in [4.69, 9.17) is 0 Å². The van der Waals surface area contributed by atoms with Crippen LogP contribution in [0.3, 0.4) is 0 Å². The van der Waals surface area contributed by atoms with Crippen molar-refractivity contribution in [2.45, 2.75) is 23.7 Å². The third kappa shape index (κ3) is 3.06. The molecular weight excluding hydrogens is 302 g/mol. The average Bonchev–Trinajstić information content (AvgIpc) is 2.55. The molecular formula is C14H17N5O2S. The highest BCUT2D eigenvalue weighted by atomic mass is 32.2. The summed E-state index contributed by atoms with van der Waals surface area (Å²) in [6.45, 7) is 1.60. The first-order valence-electron chi connectivity index (χ1n) is 7.06. The van der Waals surface area contributed by atoms with Crippen LogP contribution in [0, 0.1) is 0 Å². The average molecular weight is 319 g/mol. The second-order valence-corrected chi connectivity index (χ2v) is 7.35. The summed E-state index contributed by atoms with van der Waals surface area (Å²) in [7, 11) is -3.31. The zero-order valence-electron chi connectivity index (χ0n) is 12.3. The molecule has 1 fully saturated rings. The first-order chi connectivity index (χ1) is 10.6. The molecule has 1 saturated heterocycles. The lowest BCUT2D eigenvalue weighted by Gasteiger charge is -2.32. The second kappa shape index (κ2) is 5.96. The normalized spacial score (nSPS) is 16.7. The number of sulfone groups is 1. The first-order valence-corrected chi connectivity index (χ1v) is 8.96. The minimum atomic E-state index is -3.31. The summed E-state index contributed by atoms with van der Waals surface area (Å²) < 4.78 is 23.7. The van der Waals surface area contributed by atoms with E-state index in [9.17, 15) is 8.42 Å². The van der Waals surface area contributed by atoms with E-state index in [0.29, 0.717) is 5.69 Å². The number of aromatic nitrogens is 4. The zero-order chi connectivity index (χ0) is 15.6. The zero-order valence-corrected chi connectivity index (χ0v) is 13.1. The van der Waals surface area contributed by atoms with Crippen LogP contribution in [-0.4, -0.2) is 47.7 Å². The third-order valence-corrected chi connectivity index (χ3v) is 4.98. The van der Waals surface area contributed by atoms with Gasteiger partial charge in [0.05, 0.1) is 11.9 Å². The number of hydrogen-bond acceptors (Lipinski definition) is 7. The molecule has 22 heavy (non-hydrogen) atoms. The van der Waals surface area contributed by atoms with Crippen LogP contribution in [0.2, 0.25) is 0 Å². The van der Waals surface area contributed by atoms with Gasteiger partial charge >= 0.3 is 0 Å². The fraction of sp³-hybridized carbons (Fsp3) is 0.429. The van der Waals surface area contributed by atoms with Gasteiger partial charge in [0.25, 0.3) is 0 Å². The highest BCUT2D eigenvalue weighted by molar-refractivity contribution is 7.90. The van der Waals surface area contributed by atoms with Crippen molar-refractivity contribution in [1.29, 1.82) is 0 Å². The highest BCUT2D eigenvalue weighted by Gasteiger charge is 2.27. The molecule has 3 rings (SSSR count). The van der Waals surface area contributed by atoms with E-state index < -0.39 is 9.84 Å². The molecule has 1 aliphatic rings. The van der Waals surface area contributed by atoms with Crippen LogP contribution in [0.5, 0.6) is 0 Å². The standard InChI is InChI=1S/C14H17N5O2S/c1-22(20,21)12-8-16-10-18-14(12)11-2-6-19(7-3-11)13-9-15-4-5-17-13/h4-5,8-11H,2-3,6-7H2,1H3. The van der Waals surface area contributed by atoms with E-state index in [0.717, 1.165) is 31.7 Å². The lowest BCUT2D eigenvalue weighted by atomic mass is 9.93. The second-order valence-electron chi connectivity index (χ2n) is 5.37. The SMILES string of the molecule is CS(=O)(=O)c1cncnc1C1CCN(c2cnccn2)CC1. The van der Waals surface area contributed by atoms with E-state index in [2.05, 4.69) is 24.8 Å². The smallest absolute Gasteiger partial charge is 0.178 e. The van der Waals surface area contributed by atoms with Crippen LogP contribution >= 0.6 is 0 Å². The summed E-state index contributed by atoms with van der Waals surface area (Å²) in [5.41, 5.74) is 0.635. The lowest BCUT2D eigenvalue weighted by molar-refractivity contribution is 0.484. The molecule has 8 heteroatoms. The van der Waals surface area contributed by atoms with Gasteiger partial charge in [-0.1, -0.05) is 0 Å². The van der Waals surface area contributed by atoms with Crippen LogP contribution in [-0.2, 0) is 9.84 Å². The Kier molecular flexibility index (Phi) is 4.02. The minimum absolute atomic E-state index is 0.126. The number of nitrogens with zero attached hydrogens (tertiary/aromatic N) is 5. The Hall–Kier alpha value is -2.09. The summed E-state index contributed by atoms with van der Waals surface area (Å²) in [5, 5.41) is 0. The minimum Gasteiger partial charge on any atom is -0.355 e. The van der Waals surface area contributed by atoms with Crippen LogP contribution in [0.25, 0.3) is 0 Å². The van der Waals surface area contributed by atoms with Gasteiger partial charge in [0, 0.05) is 43.9 Å². The molecule has 0 radical (unpaired) electrons. The van der Waals surface area contributed by atoms with Gasteiger partial charge < -0.3 is 4.90 Å². The summed E-state index contributed by atoms with van der Waals surface area (Å²) in [4.78, 5) is 18.9. The van der Waals surface area contributed by atoms with E-state index >= 15 is 0 Å². The Morgan fingerprint density at radius 3 is 2.50 bits per heavy atom. The fourth-order valence-electron chi connectivity index (χ4n) is 2.76. The molecule has 0 aromatic carbocycles. The van der Waals surface area contributed by atoms with Gasteiger partial charge in [0.1, 0.15) is 17.0 Å². The van der Waals surface area contributed by atoms with Gasteiger partial charge in [-0.25, -0.2) is 23.4 Å². The molecule has 0 amide bonds. The monoisotopic (exact) mass is 319 g/mol. The Morgan fingerprint density at radius 2 is 1.86 bits per heavy atom. The van der Waals surface area contributed by atoms with Gasteiger partial charge in [0.15, 0.2) is 9.84 Å². The number of piperidine rings is 1. The van der Waals surface area contributed by atoms with Crippen molar-refractivity contribution in [2.75, 3.05) is 24.2 Å². The van der Waals surface area contributed by atoms with Crippen molar-refractivity contribution in [3.63, 3.8) is 0 Å². The van der Waals surface area contributed by atoms with E-state index in [1.54, 1.807) is 18.6 Å². The topological polar surface area (TPSA) is 88.9 Å².